The van der Waals surface area contributed by atoms with E-state index in [0.29, 0.717) is 51.4 Å². The molecule has 0 saturated carbocycles. The number of hydrogen-bond acceptors (Lipinski definition) is 7. The quantitative estimate of drug-likeness (QED) is 0.563. The highest BCUT2D eigenvalue weighted by atomic mass is 16.7. The number of piperidine rings is 1. The van der Waals surface area contributed by atoms with Gasteiger partial charge in [-0.05, 0) is 17.7 Å². The molecule has 3 aliphatic heterocycles. The molecule has 0 atom stereocenters. The lowest BCUT2D eigenvalue weighted by Gasteiger charge is -2.45. The van der Waals surface area contributed by atoms with E-state index >= 15 is 0 Å². The molecule has 4 amide bonds. The van der Waals surface area contributed by atoms with Crippen LogP contribution in [0.3, 0.4) is 0 Å². The van der Waals surface area contributed by atoms with E-state index < -0.39 is 11.8 Å². The van der Waals surface area contributed by atoms with Gasteiger partial charge in [-0.25, -0.2) is 14.6 Å². The molecule has 0 radical (unpaired) electrons. The highest BCUT2D eigenvalue weighted by Crippen LogP contribution is 2.35. The second kappa shape index (κ2) is 10.1. The first kappa shape index (κ1) is 24.4. The van der Waals surface area contributed by atoms with Crippen LogP contribution in [-0.4, -0.2) is 71.1 Å². The molecule has 0 unspecified atom stereocenters. The number of nitrogens with zero attached hydrogens (tertiary/aromatic N) is 4. The first-order valence-corrected chi connectivity index (χ1v) is 12.8. The minimum atomic E-state index is -0.699. The van der Waals surface area contributed by atoms with Crippen molar-refractivity contribution in [2.24, 2.45) is 0 Å². The molecule has 38 heavy (non-hydrogen) atoms. The van der Waals surface area contributed by atoms with Gasteiger partial charge in [0.05, 0.1) is 31.1 Å². The van der Waals surface area contributed by atoms with Crippen molar-refractivity contribution in [1.82, 2.24) is 19.8 Å². The average molecular weight is 520 g/mol. The Morgan fingerprint density at radius 1 is 1.08 bits per heavy atom. The number of amides is 4. The first-order chi connectivity index (χ1) is 18.5. The summed E-state index contributed by atoms with van der Waals surface area (Å²) in [4.78, 5) is 44.0. The number of rotatable bonds is 4. The van der Waals surface area contributed by atoms with Gasteiger partial charge in [0, 0.05) is 50.5 Å². The second-order valence-electron chi connectivity index (χ2n) is 9.80. The van der Waals surface area contributed by atoms with Crippen LogP contribution in [0.5, 0.6) is 0 Å². The van der Waals surface area contributed by atoms with Gasteiger partial charge in [0.25, 0.3) is 0 Å². The highest BCUT2D eigenvalue weighted by Gasteiger charge is 2.42. The molecule has 3 aromatic rings. The number of benzene rings is 1. The van der Waals surface area contributed by atoms with Crippen molar-refractivity contribution >= 4 is 34.8 Å². The molecule has 1 aromatic carbocycles. The van der Waals surface area contributed by atoms with Gasteiger partial charge in [0.1, 0.15) is 12.3 Å². The summed E-state index contributed by atoms with van der Waals surface area (Å²) in [6, 6.07) is 13.0. The lowest BCUT2D eigenvalue weighted by atomic mass is 10.0. The third-order valence-corrected chi connectivity index (χ3v) is 7.37. The Morgan fingerprint density at radius 2 is 1.84 bits per heavy atom. The Kier molecular flexibility index (Phi) is 6.46. The van der Waals surface area contributed by atoms with Crippen molar-refractivity contribution in [3.63, 3.8) is 0 Å². The van der Waals surface area contributed by atoms with Gasteiger partial charge in [0.2, 0.25) is 5.91 Å². The number of nitrogens with one attached hydrogen (secondary N) is 1. The summed E-state index contributed by atoms with van der Waals surface area (Å²) in [6.07, 6.45) is 4.68. The van der Waals surface area contributed by atoms with Gasteiger partial charge in [-0.1, -0.05) is 30.3 Å². The lowest BCUT2D eigenvalue weighted by Crippen LogP contribution is -2.53. The van der Waals surface area contributed by atoms with E-state index in [2.05, 4.69) is 10.3 Å². The van der Waals surface area contributed by atoms with Gasteiger partial charge in [-0.15, -0.1) is 0 Å². The van der Waals surface area contributed by atoms with Crippen LogP contribution in [-0.2, 0) is 25.6 Å². The smallest absolute Gasteiger partial charge is 0.410 e. The van der Waals surface area contributed by atoms with E-state index in [4.69, 9.17) is 14.2 Å². The molecule has 5 heterocycles. The zero-order valence-corrected chi connectivity index (χ0v) is 20.9. The topological polar surface area (TPSA) is 115 Å². The minimum absolute atomic E-state index is 0.0544. The number of likely N-dealkylation sites (tertiary alicyclic amines) is 1. The summed E-state index contributed by atoms with van der Waals surface area (Å²) < 4.78 is 20.0. The number of urea groups is 1. The van der Waals surface area contributed by atoms with Crippen LogP contribution in [0, 0.1) is 0 Å². The van der Waals surface area contributed by atoms with Crippen LogP contribution in [0.1, 0.15) is 30.9 Å². The fourth-order valence-electron chi connectivity index (χ4n) is 5.16. The van der Waals surface area contributed by atoms with Crippen molar-refractivity contribution in [2.45, 2.75) is 37.7 Å². The number of pyridine rings is 1. The van der Waals surface area contributed by atoms with Gasteiger partial charge in [-0.2, -0.15) is 0 Å². The fraction of sp³-hybridized carbons (Fsp3) is 0.407. The molecule has 3 saturated heterocycles. The maximum absolute atomic E-state index is 12.5. The second-order valence-corrected chi connectivity index (χ2v) is 9.80. The molecule has 11 heteroatoms. The summed E-state index contributed by atoms with van der Waals surface area (Å²) in [5, 5.41) is 3.22. The van der Waals surface area contributed by atoms with Gasteiger partial charge < -0.3 is 23.7 Å². The molecular formula is C27H29N5O6. The molecule has 3 fully saturated rings. The van der Waals surface area contributed by atoms with Gasteiger partial charge >= 0.3 is 12.1 Å². The van der Waals surface area contributed by atoms with Crippen LogP contribution in [0.25, 0.3) is 11.0 Å². The Hall–Kier alpha value is -3.96. The molecule has 6 rings (SSSR count). The number of hydrogen-bond donors (Lipinski definition) is 1. The summed E-state index contributed by atoms with van der Waals surface area (Å²) in [5.74, 6) is -0.967. The van der Waals surface area contributed by atoms with E-state index in [0.717, 1.165) is 16.6 Å². The summed E-state index contributed by atoms with van der Waals surface area (Å²) in [6.45, 7) is 2.51. The van der Waals surface area contributed by atoms with Crippen molar-refractivity contribution in [2.75, 3.05) is 37.7 Å². The van der Waals surface area contributed by atoms with E-state index in [1.54, 1.807) is 11.1 Å². The average Bonchev–Trinajstić information content (AvgIpc) is 3.36. The van der Waals surface area contributed by atoms with E-state index in [1.165, 1.54) is 4.90 Å². The zero-order chi connectivity index (χ0) is 26.1. The number of anilines is 1. The zero-order valence-electron chi connectivity index (χ0n) is 20.9. The summed E-state index contributed by atoms with van der Waals surface area (Å²) >= 11 is 0. The highest BCUT2D eigenvalue weighted by molar-refractivity contribution is 6.06. The van der Waals surface area contributed by atoms with E-state index in [9.17, 15) is 14.4 Å². The fourth-order valence-corrected chi connectivity index (χ4v) is 5.16. The normalized spacial score (nSPS) is 20.1. The monoisotopic (exact) mass is 519 g/mol. The number of ether oxygens (including phenoxy) is 3. The summed E-state index contributed by atoms with van der Waals surface area (Å²) in [7, 11) is 0. The van der Waals surface area contributed by atoms with Gasteiger partial charge in [0.15, 0.2) is 5.79 Å². The Morgan fingerprint density at radius 3 is 2.58 bits per heavy atom. The summed E-state index contributed by atoms with van der Waals surface area (Å²) in [5.41, 5.74) is 2.37. The maximum atomic E-state index is 12.5. The van der Waals surface area contributed by atoms with E-state index in [-0.39, 0.29) is 31.1 Å². The van der Waals surface area contributed by atoms with Crippen molar-refractivity contribution in [3.8, 4) is 0 Å². The van der Waals surface area contributed by atoms with E-state index in [1.807, 2.05) is 53.2 Å². The standard InChI is InChI=1S/C27H29N5O6/c33-23-7-11-32(25(34)29-23)21-14-20-6-10-31(24(20)28-15-21)22-17-37-27(38-18-22)8-12-30(13-9-27)26(35)36-16-19-4-2-1-3-5-19/h1-6,10,14-15,22H,7-9,11-13,16-18H2,(H,29,33,34). The van der Waals surface area contributed by atoms with Crippen LogP contribution < -0.4 is 10.2 Å². The maximum Gasteiger partial charge on any atom is 0.410 e. The number of imide groups is 1. The Bertz CT molecular complexity index is 1340. The third kappa shape index (κ3) is 4.82. The molecule has 0 aliphatic carbocycles. The van der Waals surface area contributed by atoms with Crippen LogP contribution in [0.4, 0.5) is 15.3 Å². The predicted molar refractivity (Wildman–Crippen MR) is 136 cm³/mol. The molecule has 198 valence electrons. The Labute approximate surface area is 219 Å². The SMILES string of the molecule is O=C1CCN(c2cnc3c(ccn3C3COC4(CCN(C(=O)OCc5ccccc5)CC4)OC3)c2)C(=O)N1. The van der Waals surface area contributed by atoms with Crippen LogP contribution in [0.2, 0.25) is 0 Å². The Balaban J connectivity index is 1.04. The molecule has 0 bridgehead atoms. The number of aromatic nitrogens is 2. The number of carbonyl (C=O) groups is 3. The largest absolute Gasteiger partial charge is 0.445 e. The van der Waals surface area contributed by atoms with Crippen molar-refractivity contribution in [1.29, 1.82) is 0 Å². The van der Waals surface area contributed by atoms with Crippen molar-refractivity contribution < 1.29 is 28.6 Å². The first-order valence-electron chi connectivity index (χ1n) is 12.8. The molecule has 11 nitrogen and oxygen atoms in total. The molecule has 2 aromatic heterocycles. The van der Waals surface area contributed by atoms with Crippen molar-refractivity contribution in [3.05, 3.63) is 60.4 Å². The predicted octanol–water partition coefficient (Wildman–Crippen LogP) is 3.20. The minimum Gasteiger partial charge on any atom is -0.445 e. The molecule has 1 N–H and O–H groups in total. The molecule has 3 aliphatic rings. The lowest BCUT2D eigenvalue weighted by molar-refractivity contribution is -0.293. The molecule has 1 spiro atoms. The third-order valence-electron chi connectivity index (χ3n) is 7.37. The van der Waals surface area contributed by atoms with Gasteiger partial charge in [-0.3, -0.25) is 15.0 Å². The number of fused-ring (bicyclic) bond motifs is 1. The van der Waals surface area contributed by atoms with Crippen LogP contribution >= 0.6 is 0 Å². The van der Waals surface area contributed by atoms with Crippen LogP contribution in [0.15, 0.2) is 54.9 Å². The number of carbonyl (C=O) groups excluding carboxylic acids is 3. The molecular weight excluding hydrogens is 490 g/mol.